The Morgan fingerprint density at radius 2 is 1.16 bits per heavy atom. The van der Waals surface area contributed by atoms with Gasteiger partial charge in [-0.2, -0.15) is 0 Å². The first-order valence-electron chi connectivity index (χ1n) is 15.3. The number of allylic oxidation sites excluding steroid dienone is 1. The van der Waals surface area contributed by atoms with E-state index in [1.165, 1.54) is 88.4 Å². The summed E-state index contributed by atoms with van der Waals surface area (Å²) in [4.78, 5) is 0. The molecular weight excluding hydrogens is 520 g/mol. The van der Waals surface area contributed by atoms with E-state index >= 15 is 0 Å². The van der Waals surface area contributed by atoms with Crippen LogP contribution >= 0.6 is 0 Å². The molecule has 0 bridgehead atoms. The molecule has 2 heteroatoms. The van der Waals surface area contributed by atoms with Crippen molar-refractivity contribution in [3.63, 3.8) is 0 Å². The minimum Gasteiger partial charge on any atom is -0.309 e. The van der Waals surface area contributed by atoms with Gasteiger partial charge in [-0.15, -0.1) is 0 Å². The third-order valence-corrected chi connectivity index (χ3v) is 9.83. The summed E-state index contributed by atoms with van der Waals surface area (Å²) >= 11 is 0. The topological polar surface area (TPSA) is 9.86 Å². The second-order valence-electron chi connectivity index (χ2n) is 12.1. The molecule has 0 saturated carbocycles. The summed E-state index contributed by atoms with van der Waals surface area (Å²) in [6.07, 6.45) is 5.79. The van der Waals surface area contributed by atoms with E-state index in [0.717, 1.165) is 6.42 Å². The Labute approximate surface area is 249 Å². The van der Waals surface area contributed by atoms with Gasteiger partial charge in [0.25, 0.3) is 0 Å². The largest absolute Gasteiger partial charge is 0.309 e. The SMILES string of the molecule is CC1CC=Cc2c1c1c3c4ccccc4n(-c4ccccc4)c3c3c(c1n2-c1ccccc1)-c1cccc2cccc-3c12. The molecule has 43 heavy (non-hydrogen) atoms. The summed E-state index contributed by atoms with van der Waals surface area (Å²) in [5, 5.41) is 6.74. The van der Waals surface area contributed by atoms with Gasteiger partial charge < -0.3 is 9.13 Å². The van der Waals surface area contributed by atoms with Gasteiger partial charge in [0.1, 0.15) is 0 Å². The quantitative estimate of drug-likeness (QED) is 0.203. The lowest BCUT2D eigenvalue weighted by molar-refractivity contribution is 0.773. The van der Waals surface area contributed by atoms with Crippen LogP contribution in [0.25, 0.3) is 83.2 Å². The van der Waals surface area contributed by atoms with Crippen LogP contribution in [-0.2, 0) is 0 Å². The van der Waals surface area contributed by atoms with Crippen molar-refractivity contribution in [2.24, 2.45) is 0 Å². The summed E-state index contributed by atoms with van der Waals surface area (Å²) < 4.78 is 5.09. The molecule has 2 nitrogen and oxygen atoms in total. The molecular formula is C41H28N2. The van der Waals surface area contributed by atoms with Crippen molar-refractivity contribution < 1.29 is 0 Å². The van der Waals surface area contributed by atoms with E-state index in [1.807, 2.05) is 0 Å². The fraction of sp³-hybridized carbons (Fsp3) is 0.0732. The summed E-state index contributed by atoms with van der Waals surface area (Å²) in [5.74, 6) is 0.409. The molecule has 6 aromatic carbocycles. The number of aromatic nitrogens is 2. The lowest BCUT2D eigenvalue weighted by Gasteiger charge is -2.17. The van der Waals surface area contributed by atoms with Gasteiger partial charge in [0.15, 0.2) is 0 Å². The third kappa shape index (κ3) is 2.88. The normalized spacial score (nSPS) is 15.1. The molecule has 0 aliphatic heterocycles. The lowest BCUT2D eigenvalue weighted by atomic mass is 9.87. The summed E-state index contributed by atoms with van der Waals surface area (Å²) in [6.45, 7) is 2.40. The number of hydrogen-bond donors (Lipinski definition) is 0. The molecule has 0 N–H and O–H groups in total. The van der Waals surface area contributed by atoms with Crippen LogP contribution < -0.4 is 0 Å². The Bertz CT molecular complexity index is 2470. The second-order valence-corrected chi connectivity index (χ2v) is 12.1. The summed E-state index contributed by atoms with van der Waals surface area (Å²) in [7, 11) is 0. The fourth-order valence-electron chi connectivity index (χ4n) is 8.20. The van der Waals surface area contributed by atoms with Crippen molar-refractivity contribution >= 4 is 49.6 Å². The molecule has 0 spiro atoms. The third-order valence-electron chi connectivity index (χ3n) is 9.83. The molecule has 8 aromatic rings. The van der Waals surface area contributed by atoms with E-state index in [1.54, 1.807) is 0 Å². The van der Waals surface area contributed by atoms with Crippen LogP contribution in [0.4, 0.5) is 0 Å². The molecule has 0 amide bonds. The molecule has 2 aliphatic carbocycles. The maximum Gasteiger partial charge on any atom is 0.0633 e. The van der Waals surface area contributed by atoms with E-state index in [4.69, 9.17) is 0 Å². The van der Waals surface area contributed by atoms with Crippen molar-refractivity contribution in [2.45, 2.75) is 19.3 Å². The number of nitrogens with zero attached hydrogens (tertiary/aromatic N) is 2. The minimum absolute atomic E-state index is 0.409. The van der Waals surface area contributed by atoms with Gasteiger partial charge in [-0.25, -0.2) is 0 Å². The first-order valence-corrected chi connectivity index (χ1v) is 15.3. The number of hydrogen-bond acceptors (Lipinski definition) is 0. The van der Waals surface area contributed by atoms with E-state index in [2.05, 4.69) is 150 Å². The van der Waals surface area contributed by atoms with E-state index in [9.17, 15) is 0 Å². The van der Waals surface area contributed by atoms with Crippen LogP contribution in [0.1, 0.15) is 30.5 Å². The Kier molecular flexibility index (Phi) is 4.52. The van der Waals surface area contributed by atoms with Crippen LogP contribution in [0.2, 0.25) is 0 Å². The molecule has 202 valence electrons. The molecule has 1 atom stereocenters. The highest BCUT2D eigenvalue weighted by molar-refractivity contribution is 6.35. The highest BCUT2D eigenvalue weighted by atomic mass is 15.0. The van der Waals surface area contributed by atoms with Crippen LogP contribution in [0.5, 0.6) is 0 Å². The molecule has 2 aliphatic rings. The predicted molar refractivity (Wildman–Crippen MR) is 182 cm³/mol. The molecule has 0 fully saturated rings. The number of benzene rings is 6. The van der Waals surface area contributed by atoms with Crippen LogP contribution in [0.3, 0.4) is 0 Å². The van der Waals surface area contributed by atoms with Gasteiger partial charge >= 0.3 is 0 Å². The minimum atomic E-state index is 0.409. The molecule has 0 radical (unpaired) electrons. The van der Waals surface area contributed by atoms with Crippen LogP contribution in [-0.4, -0.2) is 9.13 Å². The van der Waals surface area contributed by atoms with E-state index in [0.29, 0.717) is 5.92 Å². The van der Waals surface area contributed by atoms with Gasteiger partial charge in [-0.3, -0.25) is 0 Å². The number of para-hydroxylation sites is 3. The smallest absolute Gasteiger partial charge is 0.0633 e. The van der Waals surface area contributed by atoms with Crippen LogP contribution in [0.15, 0.2) is 127 Å². The number of fused-ring (bicyclic) bond motifs is 12. The van der Waals surface area contributed by atoms with Crippen LogP contribution in [0, 0.1) is 0 Å². The highest BCUT2D eigenvalue weighted by Crippen LogP contribution is 2.58. The average Bonchev–Trinajstić information content (AvgIpc) is 3.70. The number of rotatable bonds is 2. The molecule has 1 unspecified atom stereocenters. The zero-order valence-electron chi connectivity index (χ0n) is 23.9. The highest BCUT2D eigenvalue weighted by Gasteiger charge is 2.35. The van der Waals surface area contributed by atoms with Gasteiger partial charge in [0, 0.05) is 38.7 Å². The zero-order chi connectivity index (χ0) is 28.2. The monoisotopic (exact) mass is 548 g/mol. The Hall–Kier alpha value is -5.34. The fourth-order valence-corrected chi connectivity index (χ4v) is 8.20. The Morgan fingerprint density at radius 1 is 0.558 bits per heavy atom. The first-order chi connectivity index (χ1) is 21.3. The van der Waals surface area contributed by atoms with Gasteiger partial charge in [0.05, 0.1) is 22.2 Å². The molecule has 2 aromatic heterocycles. The Balaban J connectivity index is 1.58. The van der Waals surface area contributed by atoms with Gasteiger partial charge in [-0.05, 0) is 76.2 Å². The standard InChI is InChI=1S/C41H28N2/c1-25-13-10-24-33-34(25)39-36-29-20-8-9-23-32(29)42(27-16-4-2-5-17-27)40(36)37-30-21-11-14-26-15-12-22-31(35(26)30)38(37)41(39)43(33)28-18-6-3-7-19-28/h2-12,14-25H,13H2,1H3. The molecule has 10 rings (SSSR count). The van der Waals surface area contributed by atoms with Crippen molar-refractivity contribution in [1.29, 1.82) is 0 Å². The summed E-state index contributed by atoms with van der Waals surface area (Å²) in [6, 6.07) is 44.6. The zero-order valence-corrected chi connectivity index (χ0v) is 23.9. The van der Waals surface area contributed by atoms with Gasteiger partial charge in [0.2, 0.25) is 0 Å². The Morgan fingerprint density at radius 3 is 1.86 bits per heavy atom. The molecule has 2 heterocycles. The van der Waals surface area contributed by atoms with E-state index < -0.39 is 0 Å². The van der Waals surface area contributed by atoms with E-state index in [-0.39, 0.29) is 0 Å². The van der Waals surface area contributed by atoms with Gasteiger partial charge in [-0.1, -0.05) is 104 Å². The predicted octanol–water partition coefficient (Wildman–Crippen LogP) is 11.0. The van der Waals surface area contributed by atoms with Crippen molar-refractivity contribution in [2.75, 3.05) is 0 Å². The molecule has 0 saturated heterocycles. The maximum atomic E-state index is 2.56. The second kappa shape index (κ2) is 8.36. The first kappa shape index (κ1) is 23.2. The lowest BCUT2D eigenvalue weighted by Crippen LogP contribution is -2.03. The summed E-state index contributed by atoms with van der Waals surface area (Å²) in [5.41, 5.74) is 14.5. The van der Waals surface area contributed by atoms with Crippen molar-refractivity contribution in [3.05, 3.63) is 139 Å². The van der Waals surface area contributed by atoms with Crippen molar-refractivity contribution in [1.82, 2.24) is 9.13 Å². The van der Waals surface area contributed by atoms with Crippen molar-refractivity contribution in [3.8, 4) is 33.6 Å². The average molecular weight is 549 g/mol. The maximum absolute atomic E-state index is 2.56.